The van der Waals surface area contributed by atoms with Gasteiger partial charge in [0.25, 0.3) is 5.56 Å². The third kappa shape index (κ3) is 2.55. The Balaban J connectivity index is 1.62. The first kappa shape index (κ1) is 13.1. The maximum atomic E-state index is 12.0. The van der Waals surface area contributed by atoms with Crippen LogP contribution >= 0.6 is 0 Å². The summed E-state index contributed by atoms with van der Waals surface area (Å²) < 4.78 is 1.16. The van der Waals surface area contributed by atoms with E-state index in [1.807, 2.05) is 0 Å². The van der Waals surface area contributed by atoms with E-state index in [1.165, 1.54) is 38.1 Å². The molecule has 6 heteroatoms. The molecule has 2 aliphatic carbocycles. The Labute approximate surface area is 116 Å². The lowest BCUT2D eigenvalue weighted by atomic mass is 9.77. The number of aliphatic carboxylic acids is 1. The predicted octanol–water partition coefficient (Wildman–Crippen LogP) is 1.18. The fourth-order valence-corrected chi connectivity index (χ4v) is 3.46. The van der Waals surface area contributed by atoms with Crippen LogP contribution in [0, 0.1) is 17.8 Å². The van der Waals surface area contributed by atoms with Crippen molar-refractivity contribution in [1.82, 2.24) is 9.55 Å². The maximum absolute atomic E-state index is 12.0. The summed E-state index contributed by atoms with van der Waals surface area (Å²) in [7, 11) is 0. The minimum absolute atomic E-state index is 0.257. The molecule has 2 fully saturated rings. The Bertz CT molecular complexity index is 557. The van der Waals surface area contributed by atoms with Gasteiger partial charge in [-0.25, -0.2) is 4.98 Å². The highest BCUT2D eigenvalue weighted by atomic mass is 16.4. The van der Waals surface area contributed by atoms with Crippen molar-refractivity contribution in [3.8, 4) is 0 Å². The molecular weight excluding hydrogens is 258 g/mol. The van der Waals surface area contributed by atoms with Gasteiger partial charge in [-0.3, -0.25) is 14.2 Å². The van der Waals surface area contributed by atoms with Crippen LogP contribution in [-0.2, 0) is 11.3 Å². The summed E-state index contributed by atoms with van der Waals surface area (Å²) >= 11 is 0. The molecule has 3 rings (SSSR count). The maximum Gasteiger partial charge on any atom is 0.323 e. The van der Waals surface area contributed by atoms with Gasteiger partial charge in [-0.2, -0.15) is 0 Å². The van der Waals surface area contributed by atoms with E-state index in [2.05, 4.69) is 10.3 Å². The zero-order chi connectivity index (χ0) is 14.1. The predicted molar refractivity (Wildman–Crippen MR) is 73.6 cm³/mol. The topological polar surface area (TPSA) is 84.2 Å². The Kier molecular flexibility index (Phi) is 3.46. The summed E-state index contributed by atoms with van der Waals surface area (Å²) in [6.45, 7) is 0.427. The largest absolute Gasteiger partial charge is 0.480 e. The van der Waals surface area contributed by atoms with Gasteiger partial charge in [-0.15, -0.1) is 0 Å². The number of anilines is 1. The number of carboxylic acid groups (broad SMARTS) is 1. The first-order valence-electron chi connectivity index (χ1n) is 7.14. The van der Waals surface area contributed by atoms with Crippen LogP contribution in [0.2, 0.25) is 0 Å². The number of hydrogen-bond donors (Lipinski definition) is 2. The summed E-state index contributed by atoms with van der Waals surface area (Å²) in [5.74, 6) is 1.63. The second-order valence-corrected chi connectivity index (χ2v) is 5.92. The lowest BCUT2D eigenvalue weighted by molar-refractivity contribution is -0.137. The van der Waals surface area contributed by atoms with Crippen molar-refractivity contribution >= 4 is 11.8 Å². The van der Waals surface area contributed by atoms with Crippen molar-refractivity contribution in [3.05, 3.63) is 22.7 Å². The molecule has 3 atom stereocenters. The van der Waals surface area contributed by atoms with Crippen molar-refractivity contribution < 1.29 is 9.90 Å². The van der Waals surface area contributed by atoms with E-state index in [-0.39, 0.29) is 17.9 Å². The molecule has 108 valence electrons. The molecule has 1 unspecified atom stereocenters. The third-order valence-corrected chi connectivity index (χ3v) is 4.62. The van der Waals surface area contributed by atoms with Gasteiger partial charge < -0.3 is 10.4 Å². The Morgan fingerprint density at radius 3 is 2.70 bits per heavy atom. The van der Waals surface area contributed by atoms with Crippen LogP contribution in [-0.4, -0.2) is 27.2 Å². The normalized spacial score (nSPS) is 27.7. The van der Waals surface area contributed by atoms with E-state index >= 15 is 0 Å². The van der Waals surface area contributed by atoms with Gasteiger partial charge >= 0.3 is 5.97 Å². The Morgan fingerprint density at radius 2 is 2.10 bits per heavy atom. The molecular formula is C14H19N3O3. The van der Waals surface area contributed by atoms with Crippen molar-refractivity contribution in [3.63, 3.8) is 0 Å². The second kappa shape index (κ2) is 5.26. The van der Waals surface area contributed by atoms with E-state index < -0.39 is 5.97 Å². The Morgan fingerprint density at radius 1 is 1.40 bits per heavy atom. The summed E-state index contributed by atoms with van der Waals surface area (Å²) in [5.41, 5.74) is -0.365. The molecule has 2 N–H and O–H groups in total. The second-order valence-electron chi connectivity index (χ2n) is 5.92. The van der Waals surface area contributed by atoms with Crippen LogP contribution < -0.4 is 10.9 Å². The molecule has 6 nitrogen and oxygen atoms in total. The van der Waals surface area contributed by atoms with E-state index in [1.54, 1.807) is 0 Å². The van der Waals surface area contributed by atoms with Crippen molar-refractivity contribution in [2.45, 2.75) is 32.2 Å². The van der Waals surface area contributed by atoms with Crippen molar-refractivity contribution in [2.24, 2.45) is 17.8 Å². The molecule has 2 saturated carbocycles. The van der Waals surface area contributed by atoms with Gasteiger partial charge in [-0.05, 0) is 43.4 Å². The van der Waals surface area contributed by atoms with Gasteiger partial charge in [0.15, 0.2) is 5.82 Å². The highest BCUT2D eigenvalue weighted by molar-refractivity contribution is 5.66. The number of aromatic nitrogens is 2. The molecule has 0 saturated heterocycles. The molecule has 0 radical (unpaired) electrons. The van der Waals surface area contributed by atoms with Crippen molar-refractivity contribution in [1.29, 1.82) is 0 Å². The average molecular weight is 277 g/mol. The lowest BCUT2D eigenvalue weighted by Gasteiger charge is -2.29. The van der Waals surface area contributed by atoms with E-state index in [0.29, 0.717) is 5.92 Å². The van der Waals surface area contributed by atoms with E-state index in [9.17, 15) is 9.59 Å². The average Bonchev–Trinajstić information content (AvgIpc) is 2.66. The highest BCUT2D eigenvalue weighted by Crippen LogP contribution is 2.49. The van der Waals surface area contributed by atoms with Crippen LogP contribution in [0.4, 0.5) is 5.82 Å². The molecule has 0 amide bonds. The summed E-state index contributed by atoms with van der Waals surface area (Å²) in [6, 6.07) is 0. The van der Waals surface area contributed by atoms with Gasteiger partial charge in [0, 0.05) is 18.9 Å². The van der Waals surface area contributed by atoms with Crippen LogP contribution in [0.5, 0.6) is 0 Å². The number of nitrogens with zero attached hydrogens (tertiary/aromatic N) is 2. The first-order valence-corrected chi connectivity index (χ1v) is 7.14. The fraction of sp³-hybridized carbons (Fsp3) is 0.643. The van der Waals surface area contributed by atoms with Gasteiger partial charge in [-0.1, -0.05) is 0 Å². The quantitative estimate of drug-likeness (QED) is 0.844. The Hall–Kier alpha value is -1.85. The number of rotatable bonds is 5. The molecule has 0 aliphatic heterocycles. The molecule has 1 heterocycles. The molecule has 0 aromatic carbocycles. The van der Waals surface area contributed by atoms with Gasteiger partial charge in [0.2, 0.25) is 0 Å². The number of hydrogen-bond acceptors (Lipinski definition) is 4. The molecule has 1 aromatic rings. The SMILES string of the molecule is O=C(O)Cn1ccnc(NCC2C[C@H]3CC[C@H]3C2)c1=O. The van der Waals surface area contributed by atoms with E-state index in [4.69, 9.17) is 5.11 Å². The fourth-order valence-electron chi connectivity index (χ4n) is 3.46. The van der Waals surface area contributed by atoms with Crippen LogP contribution in [0.15, 0.2) is 17.2 Å². The molecule has 1 aromatic heterocycles. The molecule has 2 aliphatic rings. The summed E-state index contributed by atoms with van der Waals surface area (Å²) in [4.78, 5) is 26.7. The van der Waals surface area contributed by atoms with E-state index in [0.717, 1.165) is 22.9 Å². The lowest BCUT2D eigenvalue weighted by Crippen LogP contribution is -2.28. The minimum Gasteiger partial charge on any atom is -0.480 e. The number of carboxylic acids is 1. The van der Waals surface area contributed by atoms with Crippen molar-refractivity contribution in [2.75, 3.05) is 11.9 Å². The number of nitrogens with one attached hydrogen (secondary N) is 1. The van der Waals surface area contributed by atoms with Crippen LogP contribution in [0.3, 0.4) is 0 Å². The molecule has 0 spiro atoms. The standard InChI is InChI=1S/C14H19N3O3/c18-12(19)8-17-4-3-15-13(14(17)20)16-7-9-5-10-1-2-11(10)6-9/h3-4,9-11H,1-2,5-8H2,(H,15,16)(H,18,19)/t9?,10-,11+. The third-order valence-electron chi connectivity index (χ3n) is 4.62. The van der Waals surface area contributed by atoms with Crippen LogP contribution in [0.1, 0.15) is 25.7 Å². The summed E-state index contributed by atoms with van der Waals surface area (Å²) in [5, 5.41) is 11.8. The zero-order valence-electron chi connectivity index (χ0n) is 11.3. The summed E-state index contributed by atoms with van der Waals surface area (Å²) in [6.07, 6.45) is 8.07. The zero-order valence-corrected chi connectivity index (χ0v) is 11.3. The van der Waals surface area contributed by atoms with Gasteiger partial charge in [0.05, 0.1) is 0 Å². The molecule has 20 heavy (non-hydrogen) atoms. The molecule has 0 bridgehead atoms. The number of carbonyl (C=O) groups is 1. The highest BCUT2D eigenvalue weighted by Gasteiger charge is 2.39. The van der Waals surface area contributed by atoms with Gasteiger partial charge in [0.1, 0.15) is 6.54 Å². The minimum atomic E-state index is -1.03. The van der Waals surface area contributed by atoms with Crippen LogP contribution in [0.25, 0.3) is 0 Å². The monoisotopic (exact) mass is 277 g/mol. The smallest absolute Gasteiger partial charge is 0.323 e. The number of fused-ring (bicyclic) bond motifs is 1. The first-order chi connectivity index (χ1) is 9.63.